The average molecular weight is 174 g/mol. The maximum absolute atomic E-state index is 9.45. The minimum atomic E-state index is -0.984. The molecule has 4 N–H and O–H groups in total. The molecule has 1 saturated heterocycles. The summed E-state index contributed by atoms with van der Waals surface area (Å²) in [6.07, 6.45) is 1.10. The van der Waals surface area contributed by atoms with Crippen LogP contribution in [0.25, 0.3) is 0 Å². The average Bonchev–Trinajstić information content (AvgIpc) is 2.53. The van der Waals surface area contributed by atoms with E-state index in [-0.39, 0.29) is 6.61 Å². The van der Waals surface area contributed by atoms with Crippen molar-refractivity contribution in [2.24, 2.45) is 0 Å². The van der Waals surface area contributed by atoms with Crippen LogP contribution in [-0.4, -0.2) is 48.1 Å². The Bertz CT molecular complexity index is 133. The summed E-state index contributed by atoms with van der Waals surface area (Å²) in [5, 5.41) is 24.6. The zero-order valence-electron chi connectivity index (χ0n) is 7.51. The molecule has 0 aromatic heterocycles. The first kappa shape index (κ1) is 9.92. The van der Waals surface area contributed by atoms with Gasteiger partial charge in [0.2, 0.25) is 0 Å². The molecule has 0 radical (unpaired) electrons. The number of nitrogens with one attached hydrogen (secondary N) is 2. The molecule has 1 rings (SSSR count). The standard InChI is InChI=1S/C8H18N2O2/c1-8(12,6-11)5-10-7-2-3-9-4-7/h7,9-12H,2-6H2,1H3. The molecule has 0 amide bonds. The summed E-state index contributed by atoms with van der Waals surface area (Å²) in [6.45, 7) is 3.89. The van der Waals surface area contributed by atoms with E-state index in [0.717, 1.165) is 19.5 Å². The number of aliphatic hydroxyl groups excluding tert-OH is 1. The van der Waals surface area contributed by atoms with Crippen molar-refractivity contribution in [2.45, 2.75) is 25.0 Å². The van der Waals surface area contributed by atoms with Crippen molar-refractivity contribution in [1.82, 2.24) is 10.6 Å². The topological polar surface area (TPSA) is 64.5 Å². The molecule has 0 bridgehead atoms. The van der Waals surface area contributed by atoms with Crippen molar-refractivity contribution in [3.63, 3.8) is 0 Å². The summed E-state index contributed by atoms with van der Waals surface area (Å²) in [7, 11) is 0. The summed E-state index contributed by atoms with van der Waals surface area (Å²) in [4.78, 5) is 0. The minimum Gasteiger partial charge on any atom is -0.393 e. The summed E-state index contributed by atoms with van der Waals surface area (Å²) < 4.78 is 0. The van der Waals surface area contributed by atoms with E-state index in [1.54, 1.807) is 6.92 Å². The van der Waals surface area contributed by atoms with Gasteiger partial charge in [-0.15, -0.1) is 0 Å². The van der Waals surface area contributed by atoms with E-state index in [9.17, 15) is 5.11 Å². The van der Waals surface area contributed by atoms with Crippen molar-refractivity contribution in [3.8, 4) is 0 Å². The van der Waals surface area contributed by atoms with Crippen molar-refractivity contribution in [2.75, 3.05) is 26.2 Å². The number of hydrogen-bond acceptors (Lipinski definition) is 4. The first-order valence-corrected chi connectivity index (χ1v) is 4.41. The maximum Gasteiger partial charge on any atom is 0.0972 e. The smallest absolute Gasteiger partial charge is 0.0972 e. The van der Waals surface area contributed by atoms with E-state index in [1.807, 2.05) is 0 Å². The predicted octanol–water partition coefficient (Wildman–Crippen LogP) is -1.32. The Morgan fingerprint density at radius 1 is 1.67 bits per heavy atom. The molecule has 0 spiro atoms. The quantitative estimate of drug-likeness (QED) is 0.427. The maximum atomic E-state index is 9.45. The fourth-order valence-corrected chi connectivity index (χ4v) is 1.25. The summed E-state index contributed by atoms with van der Waals surface area (Å²) in [6, 6.07) is 0.447. The van der Waals surface area contributed by atoms with E-state index < -0.39 is 5.60 Å². The molecular weight excluding hydrogens is 156 g/mol. The van der Waals surface area contributed by atoms with E-state index in [2.05, 4.69) is 10.6 Å². The molecule has 1 aliphatic rings. The number of aliphatic hydroxyl groups is 2. The van der Waals surface area contributed by atoms with Crippen molar-refractivity contribution in [1.29, 1.82) is 0 Å². The largest absolute Gasteiger partial charge is 0.393 e. The molecule has 0 aromatic rings. The second kappa shape index (κ2) is 4.18. The van der Waals surface area contributed by atoms with Crippen LogP contribution >= 0.6 is 0 Å². The lowest BCUT2D eigenvalue weighted by Crippen LogP contribution is -2.45. The highest BCUT2D eigenvalue weighted by molar-refractivity contribution is 4.82. The van der Waals surface area contributed by atoms with Gasteiger partial charge in [-0.05, 0) is 19.9 Å². The van der Waals surface area contributed by atoms with Crippen LogP contribution in [0.3, 0.4) is 0 Å². The Balaban J connectivity index is 2.15. The van der Waals surface area contributed by atoms with Gasteiger partial charge in [-0.2, -0.15) is 0 Å². The van der Waals surface area contributed by atoms with Gasteiger partial charge >= 0.3 is 0 Å². The normalized spacial score (nSPS) is 28.8. The van der Waals surface area contributed by atoms with Crippen LogP contribution in [-0.2, 0) is 0 Å². The third-order valence-electron chi connectivity index (χ3n) is 2.17. The summed E-state index contributed by atoms with van der Waals surface area (Å²) in [5.74, 6) is 0. The molecule has 72 valence electrons. The van der Waals surface area contributed by atoms with Crippen molar-refractivity contribution in [3.05, 3.63) is 0 Å². The van der Waals surface area contributed by atoms with E-state index in [1.165, 1.54) is 0 Å². The molecule has 1 aliphatic heterocycles. The van der Waals surface area contributed by atoms with Gasteiger partial charge in [0.1, 0.15) is 0 Å². The van der Waals surface area contributed by atoms with Crippen LogP contribution in [0.15, 0.2) is 0 Å². The van der Waals surface area contributed by atoms with Crippen LogP contribution in [0.1, 0.15) is 13.3 Å². The zero-order chi connectivity index (χ0) is 9.03. The Morgan fingerprint density at radius 2 is 2.42 bits per heavy atom. The van der Waals surface area contributed by atoms with Crippen molar-refractivity contribution >= 4 is 0 Å². The molecule has 1 heterocycles. The molecule has 0 aliphatic carbocycles. The molecule has 2 unspecified atom stereocenters. The van der Waals surface area contributed by atoms with Crippen LogP contribution in [0.4, 0.5) is 0 Å². The molecule has 12 heavy (non-hydrogen) atoms. The van der Waals surface area contributed by atoms with Crippen LogP contribution in [0.2, 0.25) is 0 Å². The van der Waals surface area contributed by atoms with Crippen LogP contribution in [0, 0.1) is 0 Å². The van der Waals surface area contributed by atoms with E-state index in [0.29, 0.717) is 12.6 Å². The third kappa shape index (κ3) is 3.06. The summed E-state index contributed by atoms with van der Waals surface area (Å²) in [5.41, 5.74) is -0.984. The number of hydrogen-bond donors (Lipinski definition) is 4. The van der Waals surface area contributed by atoms with Gasteiger partial charge in [0.15, 0.2) is 0 Å². The molecule has 0 saturated carbocycles. The summed E-state index contributed by atoms with van der Waals surface area (Å²) >= 11 is 0. The lowest BCUT2D eigenvalue weighted by atomic mass is 10.1. The highest BCUT2D eigenvalue weighted by Crippen LogP contribution is 2.02. The molecule has 1 fully saturated rings. The zero-order valence-corrected chi connectivity index (χ0v) is 7.51. The fraction of sp³-hybridized carbons (Fsp3) is 1.00. The van der Waals surface area contributed by atoms with Crippen LogP contribution in [0.5, 0.6) is 0 Å². The monoisotopic (exact) mass is 174 g/mol. The van der Waals surface area contributed by atoms with Gasteiger partial charge in [-0.3, -0.25) is 0 Å². The lowest BCUT2D eigenvalue weighted by molar-refractivity contribution is 0.00115. The SMILES string of the molecule is CC(O)(CO)CNC1CCNC1. The van der Waals surface area contributed by atoms with E-state index >= 15 is 0 Å². The lowest BCUT2D eigenvalue weighted by Gasteiger charge is -2.23. The Hall–Kier alpha value is -0.160. The first-order valence-electron chi connectivity index (χ1n) is 4.41. The third-order valence-corrected chi connectivity index (χ3v) is 2.17. The Morgan fingerprint density at radius 3 is 2.92 bits per heavy atom. The second-order valence-electron chi connectivity index (χ2n) is 3.73. The highest BCUT2D eigenvalue weighted by atomic mass is 16.3. The molecule has 4 heteroatoms. The van der Waals surface area contributed by atoms with Gasteiger partial charge in [0.05, 0.1) is 12.2 Å². The van der Waals surface area contributed by atoms with Gasteiger partial charge in [0.25, 0.3) is 0 Å². The fourth-order valence-electron chi connectivity index (χ4n) is 1.25. The van der Waals surface area contributed by atoms with Gasteiger partial charge in [0, 0.05) is 19.1 Å². The van der Waals surface area contributed by atoms with Crippen LogP contribution < -0.4 is 10.6 Å². The molecular formula is C8H18N2O2. The molecule has 2 atom stereocenters. The first-order chi connectivity index (χ1) is 5.64. The van der Waals surface area contributed by atoms with Gasteiger partial charge < -0.3 is 20.8 Å². The highest BCUT2D eigenvalue weighted by Gasteiger charge is 2.21. The minimum absolute atomic E-state index is 0.194. The number of rotatable bonds is 4. The Kier molecular flexibility index (Phi) is 3.46. The van der Waals surface area contributed by atoms with Gasteiger partial charge in [-0.25, -0.2) is 0 Å². The molecule has 0 aromatic carbocycles. The molecule has 4 nitrogen and oxygen atoms in total. The second-order valence-corrected chi connectivity index (χ2v) is 3.73. The van der Waals surface area contributed by atoms with Crippen molar-refractivity contribution < 1.29 is 10.2 Å². The van der Waals surface area contributed by atoms with Gasteiger partial charge in [-0.1, -0.05) is 0 Å². The Labute approximate surface area is 73.0 Å². The van der Waals surface area contributed by atoms with E-state index in [4.69, 9.17) is 5.11 Å². The predicted molar refractivity (Wildman–Crippen MR) is 47.0 cm³/mol.